The second kappa shape index (κ2) is 11.2. The Morgan fingerprint density at radius 3 is 2.76 bits per heavy atom. The van der Waals surface area contributed by atoms with Crippen molar-refractivity contribution >= 4 is 34.1 Å². The van der Waals surface area contributed by atoms with Gasteiger partial charge in [-0.15, -0.1) is 11.3 Å². The molecule has 0 spiro atoms. The molecule has 186 valence electrons. The van der Waals surface area contributed by atoms with Crippen LogP contribution in [0, 0.1) is 11.3 Å². The van der Waals surface area contributed by atoms with E-state index < -0.39 is 5.25 Å². The molecule has 0 radical (unpaired) electrons. The number of fused-ring (bicyclic) bond motifs is 1. The zero-order valence-electron chi connectivity index (χ0n) is 20.6. The van der Waals surface area contributed by atoms with Gasteiger partial charge >= 0.3 is 0 Å². The molecule has 1 aliphatic rings. The molecule has 6 nitrogen and oxygen atoms in total. The highest BCUT2D eigenvalue weighted by molar-refractivity contribution is 8.00. The van der Waals surface area contributed by atoms with E-state index >= 15 is 0 Å². The molecule has 1 aliphatic carbocycles. The molecule has 0 saturated heterocycles. The first kappa shape index (κ1) is 25.0. The smallest absolute Gasteiger partial charge is 0.239 e. The van der Waals surface area contributed by atoms with Crippen LogP contribution in [-0.4, -0.2) is 28.2 Å². The highest BCUT2D eigenvalue weighted by atomic mass is 32.2. The van der Waals surface area contributed by atoms with Crippen molar-refractivity contribution in [3.8, 4) is 23.1 Å². The highest BCUT2D eigenvalue weighted by Crippen LogP contribution is 2.36. The maximum Gasteiger partial charge on any atom is 0.239 e. The maximum atomic E-state index is 13.0. The lowest BCUT2D eigenvalue weighted by molar-refractivity contribution is -0.115. The van der Waals surface area contributed by atoms with Crippen LogP contribution in [0.3, 0.4) is 0 Å². The number of methoxy groups -OCH3 is 1. The van der Waals surface area contributed by atoms with Crippen LogP contribution in [0.25, 0.3) is 11.3 Å². The zero-order valence-corrected chi connectivity index (χ0v) is 22.2. The third-order valence-electron chi connectivity index (χ3n) is 6.52. The SMILES string of the molecule is COc1ccccc1-c1csc(NC(=O)C(C)Sc2nc3c(cc2C#N)CC(c2ccccc2)CC3)n1. The molecule has 0 fully saturated rings. The number of para-hydroxylation sites is 1. The Kier molecular flexibility index (Phi) is 7.54. The Morgan fingerprint density at radius 2 is 1.97 bits per heavy atom. The van der Waals surface area contributed by atoms with Gasteiger partial charge in [0.15, 0.2) is 5.13 Å². The van der Waals surface area contributed by atoms with Crippen LogP contribution >= 0.6 is 23.1 Å². The summed E-state index contributed by atoms with van der Waals surface area (Å²) >= 11 is 2.68. The molecule has 1 amide bonds. The number of ether oxygens (including phenoxy) is 1. The molecule has 2 aromatic heterocycles. The molecule has 37 heavy (non-hydrogen) atoms. The molecule has 8 heteroatoms. The summed E-state index contributed by atoms with van der Waals surface area (Å²) in [5, 5.41) is 15.3. The number of amides is 1. The summed E-state index contributed by atoms with van der Waals surface area (Å²) in [5.74, 6) is 0.981. The molecule has 4 aromatic rings. The number of benzene rings is 2. The summed E-state index contributed by atoms with van der Waals surface area (Å²) in [4.78, 5) is 22.4. The van der Waals surface area contributed by atoms with Crippen LogP contribution in [0.1, 0.15) is 41.6 Å². The topological polar surface area (TPSA) is 87.9 Å². The lowest BCUT2D eigenvalue weighted by Crippen LogP contribution is -2.23. The first-order chi connectivity index (χ1) is 18.1. The molecule has 0 saturated carbocycles. The number of nitrogens with zero attached hydrogens (tertiary/aromatic N) is 3. The van der Waals surface area contributed by atoms with Crippen molar-refractivity contribution in [1.82, 2.24) is 9.97 Å². The fourth-order valence-corrected chi connectivity index (χ4v) is 6.17. The molecule has 2 heterocycles. The van der Waals surface area contributed by atoms with Crippen molar-refractivity contribution in [1.29, 1.82) is 5.26 Å². The van der Waals surface area contributed by atoms with Crippen molar-refractivity contribution in [3.63, 3.8) is 0 Å². The van der Waals surface area contributed by atoms with Crippen molar-refractivity contribution in [2.75, 3.05) is 12.4 Å². The van der Waals surface area contributed by atoms with Crippen LogP contribution in [0.15, 0.2) is 71.1 Å². The number of aryl methyl sites for hydroxylation is 1. The van der Waals surface area contributed by atoms with Crippen molar-refractivity contribution in [2.24, 2.45) is 0 Å². The minimum atomic E-state index is -0.447. The van der Waals surface area contributed by atoms with E-state index in [0.717, 1.165) is 47.5 Å². The van der Waals surface area contributed by atoms with E-state index in [9.17, 15) is 10.1 Å². The van der Waals surface area contributed by atoms with Gasteiger partial charge in [-0.1, -0.05) is 54.2 Å². The van der Waals surface area contributed by atoms with Gasteiger partial charge in [0.05, 0.1) is 23.6 Å². The van der Waals surface area contributed by atoms with Crippen LogP contribution in [-0.2, 0) is 17.6 Å². The number of anilines is 1. The first-order valence-corrected chi connectivity index (χ1v) is 13.9. The first-order valence-electron chi connectivity index (χ1n) is 12.1. The predicted octanol–water partition coefficient (Wildman–Crippen LogP) is 6.48. The number of nitriles is 1. The highest BCUT2D eigenvalue weighted by Gasteiger charge is 2.25. The number of pyridine rings is 1. The van der Waals surface area contributed by atoms with E-state index in [2.05, 4.69) is 40.6 Å². The number of carbonyl (C=O) groups is 1. The predicted molar refractivity (Wildman–Crippen MR) is 148 cm³/mol. The van der Waals surface area contributed by atoms with E-state index in [1.165, 1.54) is 28.7 Å². The van der Waals surface area contributed by atoms with Crippen molar-refractivity contribution in [2.45, 2.75) is 42.4 Å². The molecule has 0 bridgehead atoms. The quantitative estimate of drug-likeness (QED) is 0.277. The summed E-state index contributed by atoms with van der Waals surface area (Å²) in [6, 6.07) is 22.4. The van der Waals surface area contributed by atoms with Crippen LogP contribution in [0.5, 0.6) is 5.75 Å². The van der Waals surface area contributed by atoms with Gasteiger partial charge in [-0.3, -0.25) is 4.79 Å². The Labute approximate surface area is 224 Å². The second-order valence-electron chi connectivity index (χ2n) is 8.90. The molecule has 2 unspecified atom stereocenters. The van der Waals surface area contributed by atoms with Gasteiger partial charge in [0.1, 0.15) is 16.8 Å². The number of hydrogen-bond donors (Lipinski definition) is 1. The normalized spacial score (nSPS) is 15.3. The fourth-order valence-electron chi connectivity index (χ4n) is 4.56. The van der Waals surface area contributed by atoms with E-state index in [4.69, 9.17) is 9.72 Å². The van der Waals surface area contributed by atoms with Gasteiger partial charge in [0, 0.05) is 16.6 Å². The Morgan fingerprint density at radius 1 is 1.19 bits per heavy atom. The average Bonchev–Trinajstić information content (AvgIpc) is 3.41. The summed E-state index contributed by atoms with van der Waals surface area (Å²) in [5.41, 5.74) is 5.62. The van der Waals surface area contributed by atoms with Gasteiger partial charge in [0.2, 0.25) is 5.91 Å². The summed E-state index contributed by atoms with van der Waals surface area (Å²) in [6.07, 6.45) is 2.76. The Bertz CT molecular complexity index is 1460. The van der Waals surface area contributed by atoms with Gasteiger partial charge in [0.25, 0.3) is 0 Å². The Balaban J connectivity index is 1.27. The van der Waals surface area contributed by atoms with E-state index in [-0.39, 0.29) is 5.91 Å². The van der Waals surface area contributed by atoms with Crippen molar-refractivity contribution in [3.05, 3.63) is 88.4 Å². The number of nitrogens with one attached hydrogen (secondary N) is 1. The molecule has 1 N–H and O–H groups in total. The third kappa shape index (κ3) is 5.53. The number of thioether (sulfide) groups is 1. The largest absolute Gasteiger partial charge is 0.496 e. The number of thiazole rings is 1. The maximum absolute atomic E-state index is 13.0. The standard InChI is InChI=1S/C29H26N4O2S2/c1-18(27(34)33-29-32-25(17-36-29)23-10-6-7-11-26(23)35-2)37-28-22(16-30)15-21-14-20(12-13-24(21)31-28)19-8-4-3-5-9-19/h3-11,15,17-18,20H,12-14H2,1-2H3,(H,32,33,34). The number of hydrogen-bond acceptors (Lipinski definition) is 7. The molecule has 2 atom stereocenters. The lowest BCUT2D eigenvalue weighted by Gasteiger charge is -2.25. The molecule has 5 rings (SSSR count). The minimum absolute atomic E-state index is 0.182. The second-order valence-corrected chi connectivity index (χ2v) is 11.1. The van der Waals surface area contributed by atoms with Gasteiger partial charge in [-0.25, -0.2) is 9.97 Å². The van der Waals surface area contributed by atoms with Crippen LogP contribution in [0.2, 0.25) is 0 Å². The molecular formula is C29H26N4O2S2. The molecule has 0 aliphatic heterocycles. The molecular weight excluding hydrogens is 500 g/mol. The zero-order chi connectivity index (χ0) is 25.8. The lowest BCUT2D eigenvalue weighted by atomic mass is 9.82. The van der Waals surface area contributed by atoms with Gasteiger partial charge in [-0.2, -0.15) is 5.26 Å². The van der Waals surface area contributed by atoms with E-state index in [1.54, 1.807) is 7.11 Å². The monoisotopic (exact) mass is 526 g/mol. The minimum Gasteiger partial charge on any atom is -0.496 e. The van der Waals surface area contributed by atoms with E-state index in [0.29, 0.717) is 21.6 Å². The van der Waals surface area contributed by atoms with Gasteiger partial charge in [-0.05, 0) is 61.4 Å². The number of aromatic nitrogens is 2. The average molecular weight is 527 g/mol. The van der Waals surface area contributed by atoms with Gasteiger partial charge < -0.3 is 10.1 Å². The molecule has 2 aromatic carbocycles. The fraction of sp³-hybridized carbons (Fsp3) is 0.241. The summed E-state index contributed by atoms with van der Waals surface area (Å²) < 4.78 is 5.42. The van der Waals surface area contributed by atoms with Crippen LogP contribution in [0.4, 0.5) is 5.13 Å². The number of rotatable bonds is 7. The summed E-state index contributed by atoms with van der Waals surface area (Å²) in [6.45, 7) is 1.82. The van der Waals surface area contributed by atoms with Crippen LogP contribution < -0.4 is 10.1 Å². The Hall–Kier alpha value is -3.67. The van der Waals surface area contributed by atoms with Crippen molar-refractivity contribution < 1.29 is 9.53 Å². The summed E-state index contributed by atoms with van der Waals surface area (Å²) in [7, 11) is 1.62. The number of carbonyl (C=O) groups excluding carboxylic acids is 1. The van der Waals surface area contributed by atoms with E-state index in [1.807, 2.05) is 48.7 Å². The third-order valence-corrected chi connectivity index (χ3v) is 8.38.